The Morgan fingerprint density at radius 3 is 2.88 bits per heavy atom. The Hall–Kier alpha value is -2.08. The summed E-state index contributed by atoms with van der Waals surface area (Å²) in [5.41, 5.74) is 7.58. The second-order valence-corrected chi connectivity index (χ2v) is 7.42. The molecule has 1 aliphatic rings. The van der Waals surface area contributed by atoms with E-state index < -0.39 is 5.91 Å². The number of hydrogen-bond donors (Lipinski definition) is 2. The summed E-state index contributed by atoms with van der Waals surface area (Å²) in [7, 11) is 0. The first kappa shape index (κ1) is 16.8. The molecule has 3 rings (SSSR count). The predicted molar refractivity (Wildman–Crippen MR) is 94.7 cm³/mol. The summed E-state index contributed by atoms with van der Waals surface area (Å²) in [5, 5.41) is 3.42. The first-order valence-corrected chi connectivity index (χ1v) is 9.12. The molecule has 1 atom stereocenters. The number of carbonyl (C=O) groups is 2. The first-order chi connectivity index (χ1) is 11.5. The van der Waals surface area contributed by atoms with E-state index in [0.29, 0.717) is 27.8 Å². The maximum absolute atomic E-state index is 12.4. The molecule has 2 aromatic heterocycles. The number of amides is 2. The molecule has 5 nitrogen and oxygen atoms in total. The number of primary amides is 1. The van der Waals surface area contributed by atoms with Gasteiger partial charge in [-0.25, -0.2) is 0 Å². The highest BCUT2D eigenvalue weighted by atomic mass is 32.1. The van der Waals surface area contributed by atoms with Crippen LogP contribution in [0.1, 0.15) is 63.1 Å². The fourth-order valence-corrected chi connectivity index (χ4v) is 4.81. The van der Waals surface area contributed by atoms with Gasteiger partial charge in [0.15, 0.2) is 0 Å². The smallest absolute Gasteiger partial charge is 0.259 e. The SMILES string of the molecule is CCC[C@@H]1CCc2c(sc(NC(=O)c3ccoc3C)c2C(N)=O)C1. The number of nitrogens with one attached hydrogen (secondary N) is 1. The lowest BCUT2D eigenvalue weighted by atomic mass is 9.84. The number of fused-ring (bicyclic) bond motifs is 1. The van der Waals surface area contributed by atoms with Gasteiger partial charge in [-0.15, -0.1) is 11.3 Å². The summed E-state index contributed by atoms with van der Waals surface area (Å²) in [6.45, 7) is 3.93. The van der Waals surface area contributed by atoms with E-state index in [2.05, 4.69) is 12.2 Å². The molecule has 0 unspecified atom stereocenters. The molecule has 3 N–H and O–H groups in total. The largest absolute Gasteiger partial charge is 0.469 e. The average Bonchev–Trinajstić information content (AvgIpc) is 3.10. The molecule has 0 saturated carbocycles. The van der Waals surface area contributed by atoms with Crippen LogP contribution < -0.4 is 11.1 Å². The number of aryl methyl sites for hydroxylation is 1. The molecule has 6 heteroatoms. The Morgan fingerprint density at radius 1 is 1.46 bits per heavy atom. The van der Waals surface area contributed by atoms with E-state index in [-0.39, 0.29) is 5.91 Å². The van der Waals surface area contributed by atoms with Crippen LogP contribution >= 0.6 is 11.3 Å². The van der Waals surface area contributed by atoms with Crippen molar-refractivity contribution in [3.05, 3.63) is 39.7 Å². The number of hydrogen-bond acceptors (Lipinski definition) is 4. The normalized spacial score (nSPS) is 16.7. The molecule has 2 heterocycles. The Balaban J connectivity index is 1.90. The summed E-state index contributed by atoms with van der Waals surface area (Å²) in [6, 6.07) is 1.62. The lowest BCUT2D eigenvalue weighted by Crippen LogP contribution is -2.20. The summed E-state index contributed by atoms with van der Waals surface area (Å²) in [5.74, 6) is 0.465. The van der Waals surface area contributed by atoms with Gasteiger partial charge in [0, 0.05) is 4.88 Å². The van der Waals surface area contributed by atoms with Crippen LogP contribution in [0, 0.1) is 12.8 Å². The van der Waals surface area contributed by atoms with Gasteiger partial charge >= 0.3 is 0 Å². The second kappa shape index (κ2) is 6.81. The van der Waals surface area contributed by atoms with Crippen LogP contribution in [0.15, 0.2) is 16.7 Å². The van der Waals surface area contributed by atoms with E-state index in [1.807, 2.05) is 0 Å². The van der Waals surface area contributed by atoms with Crippen LogP contribution in [0.5, 0.6) is 0 Å². The van der Waals surface area contributed by atoms with Crippen molar-refractivity contribution in [2.45, 2.75) is 46.0 Å². The van der Waals surface area contributed by atoms with Crippen LogP contribution in [0.4, 0.5) is 5.00 Å². The van der Waals surface area contributed by atoms with Crippen LogP contribution in [0.3, 0.4) is 0 Å². The minimum Gasteiger partial charge on any atom is -0.469 e. The average molecular weight is 346 g/mol. The molecule has 2 amide bonds. The molecular formula is C18H22N2O3S. The van der Waals surface area contributed by atoms with Crippen molar-refractivity contribution < 1.29 is 14.0 Å². The Bertz CT molecular complexity index is 775. The van der Waals surface area contributed by atoms with E-state index in [1.54, 1.807) is 13.0 Å². The minimum atomic E-state index is -0.472. The van der Waals surface area contributed by atoms with Crippen molar-refractivity contribution >= 4 is 28.2 Å². The highest BCUT2D eigenvalue weighted by Crippen LogP contribution is 2.40. The maximum Gasteiger partial charge on any atom is 0.259 e. The Kier molecular flexibility index (Phi) is 4.76. The molecule has 128 valence electrons. The van der Waals surface area contributed by atoms with Gasteiger partial charge in [-0.2, -0.15) is 0 Å². The van der Waals surface area contributed by atoms with Gasteiger partial charge in [0.25, 0.3) is 11.8 Å². The standard InChI is InChI=1S/C18H22N2O3S/c1-3-4-11-5-6-13-14(9-11)24-18(15(13)16(19)21)20-17(22)12-7-8-23-10(12)2/h7-8,11H,3-6,9H2,1-2H3,(H2,19,21)(H,20,22)/t11-/m1/s1. The quantitative estimate of drug-likeness (QED) is 0.861. The Morgan fingerprint density at radius 2 is 2.25 bits per heavy atom. The number of rotatable bonds is 5. The molecule has 0 aromatic carbocycles. The monoisotopic (exact) mass is 346 g/mol. The van der Waals surface area contributed by atoms with Crippen molar-refractivity contribution in [2.75, 3.05) is 5.32 Å². The predicted octanol–water partition coefficient (Wildman–Crippen LogP) is 3.91. The van der Waals surface area contributed by atoms with Gasteiger partial charge in [0.2, 0.25) is 0 Å². The van der Waals surface area contributed by atoms with Crippen LogP contribution in [0.2, 0.25) is 0 Å². The van der Waals surface area contributed by atoms with E-state index in [1.165, 1.54) is 28.9 Å². The van der Waals surface area contributed by atoms with Gasteiger partial charge in [0.1, 0.15) is 10.8 Å². The lowest BCUT2D eigenvalue weighted by Gasteiger charge is -2.21. The van der Waals surface area contributed by atoms with Gasteiger partial charge < -0.3 is 15.5 Å². The zero-order valence-electron chi connectivity index (χ0n) is 14.0. The second-order valence-electron chi connectivity index (χ2n) is 6.31. The molecule has 24 heavy (non-hydrogen) atoms. The number of anilines is 1. The molecular weight excluding hydrogens is 324 g/mol. The third-order valence-electron chi connectivity index (χ3n) is 4.64. The van der Waals surface area contributed by atoms with Crippen molar-refractivity contribution in [3.8, 4) is 0 Å². The molecule has 0 aliphatic heterocycles. The van der Waals surface area contributed by atoms with Crippen molar-refractivity contribution in [1.82, 2.24) is 0 Å². The first-order valence-electron chi connectivity index (χ1n) is 8.31. The van der Waals surface area contributed by atoms with Gasteiger partial charge in [-0.1, -0.05) is 19.8 Å². The fourth-order valence-electron chi connectivity index (χ4n) is 3.45. The molecule has 2 aromatic rings. The lowest BCUT2D eigenvalue weighted by molar-refractivity contribution is 0.1000. The molecule has 0 bridgehead atoms. The van der Waals surface area contributed by atoms with Crippen LogP contribution in [-0.4, -0.2) is 11.8 Å². The zero-order valence-corrected chi connectivity index (χ0v) is 14.8. The maximum atomic E-state index is 12.4. The van der Waals surface area contributed by atoms with E-state index >= 15 is 0 Å². The van der Waals surface area contributed by atoms with Crippen molar-refractivity contribution in [3.63, 3.8) is 0 Å². The third kappa shape index (κ3) is 3.11. The highest BCUT2D eigenvalue weighted by Gasteiger charge is 2.28. The summed E-state index contributed by atoms with van der Waals surface area (Å²) in [4.78, 5) is 25.6. The van der Waals surface area contributed by atoms with Crippen LogP contribution in [0.25, 0.3) is 0 Å². The molecule has 0 saturated heterocycles. The molecule has 1 aliphatic carbocycles. The highest BCUT2D eigenvalue weighted by molar-refractivity contribution is 7.17. The van der Waals surface area contributed by atoms with Crippen LogP contribution in [-0.2, 0) is 12.8 Å². The van der Waals surface area contributed by atoms with E-state index in [9.17, 15) is 9.59 Å². The minimum absolute atomic E-state index is 0.271. The molecule has 0 radical (unpaired) electrons. The van der Waals surface area contributed by atoms with Gasteiger partial charge in [0.05, 0.1) is 17.4 Å². The van der Waals surface area contributed by atoms with Crippen molar-refractivity contribution in [2.24, 2.45) is 11.7 Å². The number of nitrogens with two attached hydrogens (primary N) is 1. The zero-order chi connectivity index (χ0) is 17.3. The summed E-state index contributed by atoms with van der Waals surface area (Å²) >= 11 is 1.49. The van der Waals surface area contributed by atoms with Gasteiger partial charge in [-0.3, -0.25) is 9.59 Å². The van der Waals surface area contributed by atoms with E-state index in [0.717, 1.165) is 31.2 Å². The summed E-state index contributed by atoms with van der Waals surface area (Å²) < 4.78 is 5.17. The van der Waals surface area contributed by atoms with Crippen molar-refractivity contribution in [1.29, 1.82) is 0 Å². The molecule has 0 spiro atoms. The Labute approximate surface area is 145 Å². The summed E-state index contributed by atoms with van der Waals surface area (Å²) in [6.07, 6.45) is 6.74. The fraction of sp³-hybridized carbons (Fsp3) is 0.444. The van der Waals surface area contributed by atoms with Gasteiger partial charge in [-0.05, 0) is 43.7 Å². The number of furan rings is 1. The van der Waals surface area contributed by atoms with E-state index in [4.69, 9.17) is 10.2 Å². The third-order valence-corrected chi connectivity index (χ3v) is 5.81. The number of thiophene rings is 1. The topological polar surface area (TPSA) is 85.3 Å². The molecule has 0 fully saturated rings. The number of carbonyl (C=O) groups excluding carboxylic acids is 2.